The highest BCUT2D eigenvalue weighted by Gasteiger charge is 2.47. The Morgan fingerprint density at radius 3 is 2.24 bits per heavy atom. The molecule has 6 heterocycles. The SMILES string of the molecule is CCOC(=O)c1csc(-c2csc(-c3ccc(-c4nc(CO[Si](C)(C)C(C)(C)C)cs4)c(-c4csc([C@@H]5[C@@H](C)OC(=O)N5C(=O)OC(C)(C)C)n4)n3)n2)n1. The normalized spacial score (nSPS) is 16.5. The van der Waals surface area contributed by atoms with Crippen LogP contribution in [0.5, 0.6) is 0 Å². The molecule has 5 aromatic heterocycles. The van der Waals surface area contributed by atoms with Gasteiger partial charge >= 0.3 is 18.2 Å². The Labute approximate surface area is 330 Å². The average molecular weight is 827 g/mol. The third kappa shape index (κ3) is 8.47. The van der Waals surface area contributed by atoms with Gasteiger partial charge < -0.3 is 18.6 Å². The van der Waals surface area contributed by atoms with Crippen molar-refractivity contribution in [2.24, 2.45) is 0 Å². The maximum atomic E-state index is 13.2. The molecule has 1 aliphatic heterocycles. The highest BCUT2D eigenvalue weighted by atomic mass is 32.1. The van der Waals surface area contributed by atoms with Gasteiger partial charge in [0.05, 0.1) is 24.6 Å². The zero-order chi connectivity index (χ0) is 39.2. The zero-order valence-corrected chi connectivity index (χ0v) is 36.0. The number of cyclic esters (lactones) is 1. The molecule has 1 saturated heterocycles. The van der Waals surface area contributed by atoms with E-state index in [4.69, 9.17) is 38.6 Å². The molecular weight excluding hydrogens is 785 g/mol. The van der Waals surface area contributed by atoms with Crippen molar-refractivity contribution >= 4 is 71.8 Å². The molecule has 2 amide bonds. The molecule has 5 aromatic rings. The Morgan fingerprint density at radius 2 is 1.54 bits per heavy atom. The lowest BCUT2D eigenvalue weighted by molar-refractivity contribution is 0.0285. The van der Waals surface area contributed by atoms with Crippen LogP contribution in [-0.2, 0) is 25.2 Å². The number of thiazole rings is 4. The summed E-state index contributed by atoms with van der Waals surface area (Å²) in [6.07, 6.45) is -2.25. The summed E-state index contributed by atoms with van der Waals surface area (Å²) in [5.74, 6) is -0.478. The molecule has 18 heteroatoms. The number of esters is 1. The number of rotatable bonds is 10. The molecule has 1 aliphatic rings. The number of nitrogens with zero attached hydrogens (tertiary/aromatic N) is 6. The lowest BCUT2D eigenvalue weighted by atomic mass is 10.1. The predicted octanol–water partition coefficient (Wildman–Crippen LogP) is 10.1. The van der Waals surface area contributed by atoms with Crippen molar-refractivity contribution in [1.82, 2.24) is 29.8 Å². The minimum absolute atomic E-state index is 0.0606. The van der Waals surface area contributed by atoms with Crippen LogP contribution >= 0.6 is 45.3 Å². The van der Waals surface area contributed by atoms with Gasteiger partial charge in [-0.05, 0) is 64.9 Å². The van der Waals surface area contributed by atoms with Crippen LogP contribution < -0.4 is 0 Å². The predicted molar refractivity (Wildman–Crippen MR) is 213 cm³/mol. The highest BCUT2D eigenvalue weighted by molar-refractivity contribution is 7.15. The van der Waals surface area contributed by atoms with E-state index in [0.717, 1.165) is 21.2 Å². The Hall–Kier alpha value is -3.94. The van der Waals surface area contributed by atoms with Gasteiger partial charge in [0, 0.05) is 27.1 Å². The van der Waals surface area contributed by atoms with E-state index in [0.29, 0.717) is 44.4 Å². The van der Waals surface area contributed by atoms with Gasteiger partial charge in [0.2, 0.25) is 0 Å². The lowest BCUT2D eigenvalue weighted by Gasteiger charge is -2.35. The second-order valence-corrected chi connectivity index (χ2v) is 23.3. The molecule has 2 atom stereocenters. The van der Waals surface area contributed by atoms with E-state index < -0.39 is 44.2 Å². The molecule has 286 valence electrons. The van der Waals surface area contributed by atoms with Gasteiger partial charge in [-0.1, -0.05) is 20.8 Å². The maximum absolute atomic E-state index is 13.2. The van der Waals surface area contributed by atoms with Crippen molar-refractivity contribution in [2.45, 2.75) is 97.9 Å². The van der Waals surface area contributed by atoms with Crippen molar-refractivity contribution in [2.75, 3.05) is 6.61 Å². The minimum atomic E-state index is -2.01. The Bertz CT molecular complexity index is 2180. The number of aromatic nitrogens is 5. The van der Waals surface area contributed by atoms with E-state index in [2.05, 4.69) is 38.8 Å². The Morgan fingerprint density at radius 1 is 0.852 bits per heavy atom. The number of amides is 2. The van der Waals surface area contributed by atoms with E-state index in [9.17, 15) is 14.4 Å². The Kier molecular flexibility index (Phi) is 11.3. The van der Waals surface area contributed by atoms with E-state index >= 15 is 0 Å². The van der Waals surface area contributed by atoms with Crippen LogP contribution in [0.2, 0.25) is 18.1 Å². The second-order valence-electron chi connectivity index (χ2n) is 15.0. The molecule has 0 unspecified atom stereocenters. The van der Waals surface area contributed by atoms with Crippen molar-refractivity contribution in [3.8, 4) is 43.4 Å². The first-order valence-corrected chi connectivity index (χ1v) is 23.6. The standard InChI is InChI=1S/C36H42N6O7S4Si/c1-11-46-32(43)25-18-52-30(41-25)24-17-51-29(40-24)22-13-12-21(28-37-20(15-50-28)14-47-54(9,10)36(6,7)8)26(38-22)23-16-53-31(39-23)27-19(2)48-33(44)42(27)34(45)49-35(3,4)5/h12-13,15-19,27H,11,14H2,1-10H3/t19-,27+/m1/s1. The quantitative estimate of drug-likeness (QED) is 0.0747. The van der Waals surface area contributed by atoms with Crippen molar-refractivity contribution in [3.05, 3.63) is 50.0 Å². The van der Waals surface area contributed by atoms with Crippen LogP contribution in [0.3, 0.4) is 0 Å². The summed E-state index contributed by atoms with van der Waals surface area (Å²) in [6, 6.07) is 3.05. The van der Waals surface area contributed by atoms with E-state index in [1.807, 2.05) is 28.3 Å². The molecule has 6 rings (SSSR count). The molecule has 0 saturated carbocycles. The van der Waals surface area contributed by atoms with Crippen LogP contribution in [0.4, 0.5) is 9.59 Å². The third-order valence-corrected chi connectivity index (χ3v) is 16.9. The number of hydrogen-bond donors (Lipinski definition) is 0. The number of hydrogen-bond acceptors (Lipinski definition) is 16. The van der Waals surface area contributed by atoms with Crippen molar-refractivity contribution in [1.29, 1.82) is 0 Å². The fourth-order valence-electron chi connectivity index (χ4n) is 5.04. The first kappa shape index (κ1) is 39.7. The lowest BCUT2D eigenvalue weighted by Crippen LogP contribution is -2.40. The number of pyridine rings is 1. The van der Waals surface area contributed by atoms with Crippen LogP contribution in [0, 0.1) is 0 Å². The molecule has 0 aliphatic carbocycles. The summed E-state index contributed by atoms with van der Waals surface area (Å²) in [4.78, 5) is 63.5. The number of ether oxygens (including phenoxy) is 3. The topological polar surface area (TPSA) is 156 Å². The van der Waals surface area contributed by atoms with Crippen LogP contribution in [0.1, 0.15) is 82.6 Å². The van der Waals surface area contributed by atoms with E-state index in [1.54, 1.807) is 40.0 Å². The van der Waals surface area contributed by atoms with Gasteiger partial charge in [0.15, 0.2) is 14.0 Å². The van der Waals surface area contributed by atoms with Gasteiger partial charge in [-0.15, -0.1) is 45.3 Å². The first-order valence-electron chi connectivity index (χ1n) is 17.2. The average Bonchev–Trinajstić information content (AvgIpc) is 3.92. The third-order valence-electron chi connectivity index (χ3n) is 8.81. The van der Waals surface area contributed by atoms with E-state index in [-0.39, 0.29) is 17.3 Å². The number of carbonyl (C=O) groups is 3. The smallest absolute Gasteiger partial charge is 0.420 e. The highest BCUT2D eigenvalue weighted by Crippen LogP contribution is 2.42. The molecule has 0 spiro atoms. The second kappa shape index (κ2) is 15.3. The summed E-state index contributed by atoms with van der Waals surface area (Å²) in [6.45, 7) is 20.4. The molecular formula is C36H42N6O7S4Si. The fourth-order valence-corrected chi connectivity index (χ4v) is 9.39. The molecule has 0 bridgehead atoms. The van der Waals surface area contributed by atoms with Crippen LogP contribution in [0.25, 0.3) is 43.4 Å². The summed E-state index contributed by atoms with van der Waals surface area (Å²) >= 11 is 5.50. The summed E-state index contributed by atoms with van der Waals surface area (Å²) < 4.78 is 22.6. The summed E-state index contributed by atoms with van der Waals surface area (Å²) in [7, 11) is -2.01. The summed E-state index contributed by atoms with van der Waals surface area (Å²) in [5, 5.41) is 9.91. The molecule has 13 nitrogen and oxygen atoms in total. The van der Waals surface area contributed by atoms with E-state index in [1.165, 1.54) is 45.3 Å². The molecule has 0 N–H and O–H groups in total. The van der Waals surface area contributed by atoms with Gasteiger partial charge in [0.1, 0.15) is 54.9 Å². The number of carbonyl (C=O) groups excluding carboxylic acids is 3. The van der Waals surface area contributed by atoms with Crippen molar-refractivity contribution in [3.63, 3.8) is 0 Å². The molecule has 0 aromatic carbocycles. The maximum Gasteiger partial charge on any atom is 0.420 e. The fraction of sp³-hybridized carbons (Fsp3) is 0.444. The van der Waals surface area contributed by atoms with Gasteiger partial charge in [0.25, 0.3) is 0 Å². The molecule has 0 radical (unpaired) electrons. The van der Waals surface area contributed by atoms with Crippen molar-refractivity contribution < 1.29 is 33.0 Å². The number of imide groups is 1. The molecule has 54 heavy (non-hydrogen) atoms. The first-order chi connectivity index (χ1) is 25.3. The van der Waals surface area contributed by atoms with Gasteiger partial charge in [-0.3, -0.25) is 0 Å². The van der Waals surface area contributed by atoms with Gasteiger partial charge in [-0.2, -0.15) is 4.90 Å². The largest absolute Gasteiger partial charge is 0.461 e. The zero-order valence-electron chi connectivity index (χ0n) is 31.7. The van der Waals surface area contributed by atoms with Crippen LogP contribution in [0.15, 0.2) is 33.7 Å². The van der Waals surface area contributed by atoms with Gasteiger partial charge in [-0.25, -0.2) is 39.3 Å². The Balaban J connectivity index is 1.37. The minimum Gasteiger partial charge on any atom is -0.461 e. The van der Waals surface area contributed by atoms with Crippen LogP contribution in [-0.4, -0.2) is 74.6 Å². The monoisotopic (exact) mass is 826 g/mol. The molecule has 1 fully saturated rings. The summed E-state index contributed by atoms with van der Waals surface area (Å²) in [5.41, 5.74) is 3.31.